The topological polar surface area (TPSA) is 50.4 Å². The lowest BCUT2D eigenvalue weighted by Gasteiger charge is -1.93. The third-order valence-electron chi connectivity index (χ3n) is 2.99. The van der Waals surface area contributed by atoms with Crippen molar-refractivity contribution in [2.24, 2.45) is 0 Å². The number of phenols is 1. The number of allylic oxidation sites excluding steroid dienone is 1. The number of carbonyl (C=O) groups is 1. The molecule has 0 spiro atoms. The molecule has 1 N–H and O–H groups in total. The highest BCUT2D eigenvalue weighted by atomic mass is 16.3. The number of rotatable bonds is 3. The molecule has 0 bridgehead atoms. The molecule has 3 aromatic rings. The van der Waals surface area contributed by atoms with E-state index in [4.69, 9.17) is 4.42 Å². The van der Waals surface area contributed by atoms with Crippen molar-refractivity contribution in [2.45, 2.75) is 0 Å². The molecule has 1 aromatic heterocycles. The second-order valence-corrected chi connectivity index (χ2v) is 4.44. The zero-order valence-electron chi connectivity index (χ0n) is 10.6. The summed E-state index contributed by atoms with van der Waals surface area (Å²) in [6.07, 6.45) is 3.15. The largest absolute Gasteiger partial charge is 0.508 e. The lowest BCUT2D eigenvalue weighted by Crippen LogP contribution is -1.90. The monoisotopic (exact) mass is 264 g/mol. The molecule has 0 radical (unpaired) electrons. The molecule has 98 valence electrons. The van der Waals surface area contributed by atoms with Crippen LogP contribution in [-0.2, 0) is 0 Å². The number of para-hydroxylation sites is 1. The van der Waals surface area contributed by atoms with Crippen LogP contribution in [0.1, 0.15) is 16.1 Å². The number of benzene rings is 2. The highest BCUT2D eigenvalue weighted by Crippen LogP contribution is 2.19. The van der Waals surface area contributed by atoms with Gasteiger partial charge in [-0.2, -0.15) is 0 Å². The molecular weight excluding hydrogens is 252 g/mol. The van der Waals surface area contributed by atoms with Gasteiger partial charge in [0.2, 0.25) is 5.78 Å². The molecule has 0 saturated heterocycles. The predicted octanol–water partition coefficient (Wildman–Crippen LogP) is 4.03. The van der Waals surface area contributed by atoms with Crippen molar-refractivity contribution in [1.82, 2.24) is 0 Å². The number of phenolic OH excluding ortho intramolecular Hbond substituents is 1. The van der Waals surface area contributed by atoms with Crippen molar-refractivity contribution in [3.05, 3.63) is 72.0 Å². The minimum absolute atomic E-state index is 0.186. The average Bonchev–Trinajstić information content (AvgIpc) is 2.90. The molecule has 0 aliphatic rings. The average molecular weight is 264 g/mol. The summed E-state index contributed by atoms with van der Waals surface area (Å²) in [5.41, 5.74) is 1.54. The summed E-state index contributed by atoms with van der Waals surface area (Å²) >= 11 is 0. The molecule has 0 amide bonds. The predicted molar refractivity (Wildman–Crippen MR) is 77.7 cm³/mol. The smallest absolute Gasteiger partial charge is 0.221 e. The van der Waals surface area contributed by atoms with Crippen molar-refractivity contribution in [1.29, 1.82) is 0 Å². The van der Waals surface area contributed by atoms with E-state index in [1.54, 1.807) is 36.4 Å². The van der Waals surface area contributed by atoms with E-state index in [1.165, 1.54) is 6.08 Å². The number of hydrogen-bond acceptors (Lipinski definition) is 3. The maximum Gasteiger partial charge on any atom is 0.221 e. The van der Waals surface area contributed by atoms with Crippen molar-refractivity contribution < 1.29 is 14.3 Å². The Balaban J connectivity index is 1.83. The maximum atomic E-state index is 12.0. The molecule has 2 aromatic carbocycles. The van der Waals surface area contributed by atoms with Gasteiger partial charge in [0.1, 0.15) is 11.3 Å². The van der Waals surface area contributed by atoms with Crippen LogP contribution in [0.2, 0.25) is 0 Å². The Bertz CT molecular complexity index is 746. The summed E-state index contributed by atoms with van der Waals surface area (Å²) in [6, 6.07) is 15.9. The van der Waals surface area contributed by atoms with Crippen LogP contribution in [-0.4, -0.2) is 10.9 Å². The van der Waals surface area contributed by atoms with Crippen LogP contribution in [0.3, 0.4) is 0 Å². The minimum Gasteiger partial charge on any atom is -0.508 e. The Labute approximate surface area is 115 Å². The van der Waals surface area contributed by atoms with Crippen LogP contribution in [0.15, 0.2) is 65.1 Å². The van der Waals surface area contributed by atoms with Gasteiger partial charge in [-0.15, -0.1) is 0 Å². The van der Waals surface area contributed by atoms with Gasteiger partial charge in [-0.1, -0.05) is 36.4 Å². The molecule has 0 aliphatic heterocycles. The second kappa shape index (κ2) is 5.05. The fraction of sp³-hybridized carbons (Fsp3) is 0. The Hall–Kier alpha value is -2.81. The number of carbonyl (C=O) groups excluding carboxylic acids is 1. The third-order valence-corrected chi connectivity index (χ3v) is 2.99. The van der Waals surface area contributed by atoms with E-state index in [9.17, 15) is 9.90 Å². The van der Waals surface area contributed by atoms with E-state index in [-0.39, 0.29) is 11.5 Å². The molecule has 3 rings (SSSR count). The van der Waals surface area contributed by atoms with Gasteiger partial charge < -0.3 is 9.52 Å². The minimum atomic E-state index is -0.186. The van der Waals surface area contributed by atoms with Crippen molar-refractivity contribution in [2.75, 3.05) is 0 Å². The van der Waals surface area contributed by atoms with Crippen LogP contribution in [0.4, 0.5) is 0 Å². The number of fused-ring (bicyclic) bond motifs is 1. The fourth-order valence-corrected chi connectivity index (χ4v) is 1.94. The van der Waals surface area contributed by atoms with Gasteiger partial charge in [-0.25, -0.2) is 0 Å². The summed E-state index contributed by atoms with van der Waals surface area (Å²) in [7, 11) is 0. The molecule has 0 fully saturated rings. The van der Waals surface area contributed by atoms with E-state index in [0.717, 1.165) is 10.9 Å². The van der Waals surface area contributed by atoms with E-state index >= 15 is 0 Å². The molecule has 3 nitrogen and oxygen atoms in total. The first-order chi connectivity index (χ1) is 9.72. The summed E-state index contributed by atoms with van der Waals surface area (Å²) in [5.74, 6) is 0.335. The quantitative estimate of drug-likeness (QED) is 0.574. The first-order valence-corrected chi connectivity index (χ1v) is 6.22. The lowest BCUT2D eigenvalue weighted by molar-refractivity contribution is 0.102. The zero-order chi connectivity index (χ0) is 13.9. The van der Waals surface area contributed by atoms with Gasteiger partial charge >= 0.3 is 0 Å². The Morgan fingerprint density at radius 2 is 1.80 bits per heavy atom. The first kappa shape index (κ1) is 12.2. The third kappa shape index (κ3) is 2.47. The Morgan fingerprint density at radius 3 is 2.55 bits per heavy atom. The van der Waals surface area contributed by atoms with Crippen LogP contribution in [0, 0.1) is 0 Å². The Morgan fingerprint density at radius 1 is 1.05 bits per heavy atom. The number of ketones is 1. The van der Waals surface area contributed by atoms with Crippen molar-refractivity contribution in [3.63, 3.8) is 0 Å². The summed E-state index contributed by atoms with van der Waals surface area (Å²) in [4.78, 5) is 12.0. The van der Waals surface area contributed by atoms with E-state index < -0.39 is 0 Å². The molecule has 0 atom stereocenters. The molecule has 20 heavy (non-hydrogen) atoms. The summed E-state index contributed by atoms with van der Waals surface area (Å²) in [6.45, 7) is 0. The van der Waals surface area contributed by atoms with E-state index in [0.29, 0.717) is 11.3 Å². The lowest BCUT2D eigenvalue weighted by atomic mass is 10.1. The molecule has 3 heteroatoms. The Kier molecular flexibility index (Phi) is 3.09. The van der Waals surface area contributed by atoms with Crippen molar-refractivity contribution in [3.8, 4) is 5.75 Å². The van der Waals surface area contributed by atoms with Gasteiger partial charge in [0.05, 0.1) is 0 Å². The normalized spacial score (nSPS) is 11.2. The molecule has 1 heterocycles. The first-order valence-electron chi connectivity index (χ1n) is 6.22. The highest BCUT2D eigenvalue weighted by Gasteiger charge is 2.08. The fourth-order valence-electron chi connectivity index (χ4n) is 1.94. The van der Waals surface area contributed by atoms with Crippen LogP contribution < -0.4 is 0 Å². The SMILES string of the molecule is O=C(C=Cc1ccc(O)cc1)c1cc2ccccc2o1. The molecule has 0 aliphatic carbocycles. The van der Waals surface area contributed by atoms with Gasteiger partial charge in [0, 0.05) is 5.39 Å². The van der Waals surface area contributed by atoms with Gasteiger partial charge in [-0.05, 0) is 35.9 Å². The number of furan rings is 1. The van der Waals surface area contributed by atoms with Crippen molar-refractivity contribution >= 4 is 22.8 Å². The number of aromatic hydroxyl groups is 1. The maximum absolute atomic E-state index is 12.0. The summed E-state index contributed by atoms with van der Waals surface area (Å²) < 4.78 is 5.50. The van der Waals surface area contributed by atoms with E-state index in [1.807, 2.05) is 24.3 Å². The summed E-state index contributed by atoms with van der Waals surface area (Å²) in [5, 5.41) is 10.1. The number of hydrogen-bond donors (Lipinski definition) is 1. The van der Waals surface area contributed by atoms with Crippen LogP contribution >= 0.6 is 0 Å². The molecular formula is C17H12O3. The zero-order valence-corrected chi connectivity index (χ0v) is 10.6. The van der Waals surface area contributed by atoms with Gasteiger partial charge in [0.25, 0.3) is 0 Å². The van der Waals surface area contributed by atoms with Gasteiger partial charge in [-0.3, -0.25) is 4.79 Å². The van der Waals surface area contributed by atoms with Crippen LogP contribution in [0.5, 0.6) is 5.75 Å². The highest BCUT2D eigenvalue weighted by molar-refractivity contribution is 6.06. The second-order valence-electron chi connectivity index (χ2n) is 4.44. The van der Waals surface area contributed by atoms with E-state index in [2.05, 4.69) is 0 Å². The van der Waals surface area contributed by atoms with Gasteiger partial charge in [0.15, 0.2) is 5.76 Å². The molecule has 0 unspecified atom stereocenters. The van der Waals surface area contributed by atoms with Crippen LogP contribution in [0.25, 0.3) is 17.0 Å². The standard InChI is InChI=1S/C17H12O3/c18-14-8-5-12(6-9-14)7-10-15(19)17-11-13-3-1-2-4-16(13)20-17/h1-11,18H. The molecule has 0 saturated carbocycles.